The molecule has 0 aliphatic heterocycles. The Morgan fingerprint density at radius 3 is 2.29 bits per heavy atom. The van der Waals surface area contributed by atoms with E-state index in [-0.39, 0.29) is 11.4 Å². The summed E-state index contributed by atoms with van der Waals surface area (Å²) in [6, 6.07) is 10.0. The van der Waals surface area contributed by atoms with Crippen molar-refractivity contribution in [1.29, 1.82) is 0 Å². The van der Waals surface area contributed by atoms with E-state index in [0.29, 0.717) is 5.56 Å². The molecule has 3 N–H and O–H groups in total. The molecule has 1 atom stereocenters. The number of carbonyl (C=O) groups is 2. The summed E-state index contributed by atoms with van der Waals surface area (Å²) in [7, 11) is -4.56. The third-order valence-corrected chi connectivity index (χ3v) is 4.82. The van der Waals surface area contributed by atoms with Gasteiger partial charge in [-0.05, 0) is 17.0 Å². The Bertz CT molecular complexity index is 743. The van der Waals surface area contributed by atoms with Gasteiger partial charge in [0.1, 0.15) is 6.29 Å². The van der Waals surface area contributed by atoms with Crippen LogP contribution < -0.4 is 0 Å². The molecule has 24 heavy (non-hydrogen) atoms. The van der Waals surface area contributed by atoms with Crippen molar-refractivity contribution in [2.24, 2.45) is 0 Å². The van der Waals surface area contributed by atoms with Crippen LogP contribution >= 0.6 is 18.9 Å². The largest absolute Gasteiger partial charge is 0.480 e. The fraction of sp³-hybridized carbons (Fsp3) is 0.200. The highest BCUT2D eigenvalue weighted by Crippen LogP contribution is 2.37. The van der Waals surface area contributed by atoms with E-state index in [0.717, 1.165) is 16.2 Å². The molecule has 7 nitrogen and oxygen atoms in total. The molecular formula is C15H16NO6PS. The first-order valence-electron chi connectivity index (χ1n) is 6.91. The van der Waals surface area contributed by atoms with Gasteiger partial charge in [-0.1, -0.05) is 36.4 Å². The van der Waals surface area contributed by atoms with E-state index >= 15 is 0 Å². The van der Waals surface area contributed by atoms with Gasteiger partial charge in [0.05, 0.1) is 4.88 Å². The lowest BCUT2D eigenvalue weighted by Crippen LogP contribution is -2.46. The normalized spacial score (nSPS) is 13.0. The Balaban J connectivity index is 2.35. The van der Waals surface area contributed by atoms with Crippen molar-refractivity contribution >= 4 is 30.7 Å². The van der Waals surface area contributed by atoms with Crippen LogP contribution in [0.1, 0.15) is 15.2 Å². The number of carboxylic acid groups (broad SMARTS) is 1. The molecule has 128 valence electrons. The van der Waals surface area contributed by atoms with Crippen molar-refractivity contribution in [1.82, 2.24) is 4.90 Å². The molecule has 0 aliphatic rings. The Morgan fingerprint density at radius 2 is 1.79 bits per heavy atom. The molecule has 0 fully saturated rings. The summed E-state index contributed by atoms with van der Waals surface area (Å²) in [5, 5.41) is 11.1. The first-order chi connectivity index (χ1) is 11.3. The van der Waals surface area contributed by atoms with Crippen LogP contribution in [-0.4, -0.2) is 43.9 Å². The molecule has 1 aromatic heterocycles. The minimum absolute atomic E-state index is 0.0694. The van der Waals surface area contributed by atoms with E-state index in [1.54, 1.807) is 41.8 Å². The molecule has 0 spiro atoms. The van der Waals surface area contributed by atoms with Crippen LogP contribution in [0.25, 0.3) is 0 Å². The number of hydrogen-bond acceptors (Lipinski definition) is 5. The highest BCUT2D eigenvalue weighted by molar-refractivity contribution is 7.51. The van der Waals surface area contributed by atoms with E-state index in [9.17, 15) is 29.0 Å². The number of nitrogens with zero attached hydrogens (tertiary/aromatic N) is 1. The lowest BCUT2D eigenvalue weighted by atomic mass is 10.1. The smallest absolute Gasteiger partial charge is 0.339 e. The SMILES string of the molecule is O=C(O)C(C(=O)c1cccs1)N(Cc1ccccc1)CP(=O)(O)O. The minimum atomic E-state index is -4.56. The molecule has 0 bridgehead atoms. The van der Waals surface area contributed by atoms with Crippen molar-refractivity contribution in [3.63, 3.8) is 0 Å². The molecule has 0 saturated carbocycles. The van der Waals surface area contributed by atoms with Crippen LogP contribution in [0, 0.1) is 0 Å². The summed E-state index contributed by atoms with van der Waals surface area (Å²) in [6.07, 6.45) is -0.823. The fourth-order valence-electron chi connectivity index (χ4n) is 2.27. The Kier molecular flexibility index (Phi) is 6.04. The summed E-state index contributed by atoms with van der Waals surface area (Å²) in [6.45, 7) is -0.0694. The molecule has 1 heterocycles. The standard InChI is InChI=1S/C15H16NO6PS/c17-14(12-7-4-8-24-12)13(15(18)19)16(10-23(20,21)22)9-11-5-2-1-3-6-11/h1-8,13H,9-10H2,(H,18,19)(H2,20,21,22). The third kappa shape index (κ3) is 5.09. The number of hydrogen-bond donors (Lipinski definition) is 3. The van der Waals surface area contributed by atoms with Crippen LogP contribution in [-0.2, 0) is 15.9 Å². The zero-order chi connectivity index (χ0) is 17.7. The number of ketones is 1. The quantitative estimate of drug-likeness (QED) is 0.370. The van der Waals surface area contributed by atoms with Crippen molar-refractivity contribution in [2.45, 2.75) is 12.6 Å². The van der Waals surface area contributed by atoms with Crippen LogP contribution in [0.5, 0.6) is 0 Å². The van der Waals surface area contributed by atoms with Gasteiger partial charge in [-0.2, -0.15) is 0 Å². The Labute approximate surface area is 142 Å². The summed E-state index contributed by atoms with van der Waals surface area (Å²) in [4.78, 5) is 43.9. The molecule has 0 saturated heterocycles. The van der Waals surface area contributed by atoms with E-state index < -0.39 is 31.7 Å². The van der Waals surface area contributed by atoms with E-state index in [4.69, 9.17) is 0 Å². The molecule has 0 aliphatic carbocycles. The summed E-state index contributed by atoms with van der Waals surface area (Å²) < 4.78 is 11.4. The Hall–Kier alpha value is -1.83. The molecule has 2 aromatic rings. The second kappa shape index (κ2) is 7.83. The zero-order valence-electron chi connectivity index (χ0n) is 12.5. The summed E-state index contributed by atoms with van der Waals surface area (Å²) >= 11 is 1.08. The molecule has 2 rings (SSSR count). The van der Waals surface area contributed by atoms with Crippen molar-refractivity contribution in [2.75, 3.05) is 6.29 Å². The number of rotatable bonds is 8. The second-order valence-corrected chi connectivity index (χ2v) is 7.68. The average Bonchev–Trinajstić information content (AvgIpc) is 3.00. The molecular weight excluding hydrogens is 353 g/mol. The monoisotopic (exact) mass is 369 g/mol. The first kappa shape index (κ1) is 18.5. The number of Topliss-reactive ketones (excluding diaryl/α,β-unsaturated/α-hetero) is 1. The van der Waals surface area contributed by atoms with Gasteiger partial charge in [-0.25, -0.2) is 0 Å². The Morgan fingerprint density at radius 1 is 1.12 bits per heavy atom. The number of thiophene rings is 1. The van der Waals surface area contributed by atoms with Gasteiger partial charge in [-0.15, -0.1) is 11.3 Å². The van der Waals surface area contributed by atoms with Crippen LogP contribution in [0.3, 0.4) is 0 Å². The topological polar surface area (TPSA) is 115 Å². The van der Waals surface area contributed by atoms with Gasteiger partial charge in [0.2, 0.25) is 5.78 Å². The fourth-order valence-corrected chi connectivity index (χ4v) is 3.69. The predicted molar refractivity (Wildman–Crippen MR) is 89.0 cm³/mol. The molecule has 0 radical (unpaired) electrons. The molecule has 1 unspecified atom stereocenters. The number of carboxylic acids is 1. The van der Waals surface area contributed by atoms with Gasteiger partial charge in [0.25, 0.3) is 0 Å². The third-order valence-electron chi connectivity index (χ3n) is 3.21. The maximum atomic E-state index is 12.5. The second-order valence-electron chi connectivity index (χ2n) is 5.12. The lowest BCUT2D eigenvalue weighted by Gasteiger charge is -2.27. The van der Waals surface area contributed by atoms with Gasteiger partial charge >= 0.3 is 13.6 Å². The van der Waals surface area contributed by atoms with Crippen LogP contribution in [0.15, 0.2) is 47.8 Å². The highest BCUT2D eigenvalue weighted by atomic mass is 32.1. The van der Waals surface area contributed by atoms with Crippen molar-refractivity contribution < 1.29 is 29.0 Å². The predicted octanol–water partition coefficient (Wildman–Crippen LogP) is 2.02. The van der Waals surface area contributed by atoms with E-state index in [1.165, 1.54) is 6.07 Å². The van der Waals surface area contributed by atoms with Crippen molar-refractivity contribution in [3.05, 3.63) is 58.3 Å². The van der Waals surface area contributed by atoms with Gasteiger partial charge in [0, 0.05) is 6.54 Å². The van der Waals surface area contributed by atoms with Gasteiger partial charge < -0.3 is 14.9 Å². The zero-order valence-corrected chi connectivity index (χ0v) is 14.2. The summed E-state index contributed by atoms with van der Waals surface area (Å²) in [5.41, 5.74) is 0.649. The summed E-state index contributed by atoms with van der Waals surface area (Å²) in [5.74, 6) is -2.14. The number of benzene rings is 1. The molecule has 1 aromatic carbocycles. The lowest BCUT2D eigenvalue weighted by molar-refractivity contribution is -0.141. The van der Waals surface area contributed by atoms with Gasteiger partial charge in [-0.3, -0.25) is 19.1 Å². The number of carbonyl (C=O) groups excluding carboxylic acids is 1. The van der Waals surface area contributed by atoms with E-state index in [1.807, 2.05) is 0 Å². The van der Waals surface area contributed by atoms with Crippen LogP contribution in [0.4, 0.5) is 0 Å². The van der Waals surface area contributed by atoms with E-state index in [2.05, 4.69) is 0 Å². The number of aliphatic carboxylic acids is 1. The molecule has 9 heteroatoms. The first-order valence-corrected chi connectivity index (χ1v) is 9.59. The minimum Gasteiger partial charge on any atom is -0.480 e. The van der Waals surface area contributed by atoms with Crippen molar-refractivity contribution in [3.8, 4) is 0 Å². The maximum absolute atomic E-state index is 12.5. The maximum Gasteiger partial charge on any atom is 0.339 e. The van der Waals surface area contributed by atoms with Gasteiger partial charge in [0.15, 0.2) is 6.04 Å². The molecule has 0 amide bonds. The average molecular weight is 369 g/mol. The highest BCUT2D eigenvalue weighted by Gasteiger charge is 2.37. The van der Waals surface area contributed by atoms with Crippen LogP contribution in [0.2, 0.25) is 0 Å².